The van der Waals surface area contributed by atoms with Crippen molar-refractivity contribution in [3.63, 3.8) is 0 Å². The molecule has 1 aliphatic rings. The van der Waals surface area contributed by atoms with Gasteiger partial charge >= 0.3 is 0 Å². The van der Waals surface area contributed by atoms with E-state index in [9.17, 15) is 0 Å². The van der Waals surface area contributed by atoms with Crippen LogP contribution in [0.5, 0.6) is 0 Å². The first-order valence-corrected chi connectivity index (χ1v) is 6.65. The van der Waals surface area contributed by atoms with Crippen LogP contribution in [0.3, 0.4) is 0 Å². The van der Waals surface area contributed by atoms with Crippen LogP contribution in [-0.4, -0.2) is 66.7 Å². The van der Waals surface area contributed by atoms with E-state index in [0.29, 0.717) is 0 Å². The molecule has 0 aromatic carbocycles. The van der Waals surface area contributed by atoms with Crippen molar-refractivity contribution in [2.75, 3.05) is 46.9 Å². The highest BCUT2D eigenvalue weighted by Gasteiger charge is 2.23. The van der Waals surface area contributed by atoms with Gasteiger partial charge in [-0.05, 0) is 25.9 Å². The molecule has 2 heterocycles. The molecule has 5 heteroatoms. The molecule has 0 amide bonds. The van der Waals surface area contributed by atoms with Gasteiger partial charge in [0, 0.05) is 45.2 Å². The molecule has 1 N–H and O–H groups in total. The molecule has 1 unspecified atom stereocenters. The summed E-state index contributed by atoms with van der Waals surface area (Å²) in [6.45, 7) is 6.44. The van der Waals surface area contributed by atoms with Crippen molar-refractivity contribution >= 4 is 0 Å². The van der Waals surface area contributed by atoms with E-state index in [1.807, 2.05) is 6.20 Å². The van der Waals surface area contributed by atoms with Gasteiger partial charge < -0.3 is 19.5 Å². The van der Waals surface area contributed by atoms with E-state index >= 15 is 0 Å². The molecule has 1 fully saturated rings. The summed E-state index contributed by atoms with van der Waals surface area (Å²) >= 11 is 0. The van der Waals surface area contributed by atoms with Crippen LogP contribution in [0.25, 0.3) is 0 Å². The van der Waals surface area contributed by atoms with E-state index in [1.54, 1.807) is 13.4 Å². The SMILES string of the molecule is COCCN1CCC(CN(C)Cc2cnc[nH]2)C1. The Morgan fingerprint density at radius 1 is 1.61 bits per heavy atom. The summed E-state index contributed by atoms with van der Waals surface area (Å²) in [5, 5.41) is 0. The molecule has 1 atom stereocenters. The van der Waals surface area contributed by atoms with Gasteiger partial charge in [-0.15, -0.1) is 0 Å². The van der Waals surface area contributed by atoms with Crippen molar-refractivity contribution in [3.8, 4) is 0 Å². The first kappa shape index (κ1) is 13.5. The lowest BCUT2D eigenvalue weighted by atomic mass is 10.1. The number of methoxy groups -OCH3 is 1. The van der Waals surface area contributed by atoms with Gasteiger partial charge in [-0.3, -0.25) is 0 Å². The van der Waals surface area contributed by atoms with Crippen molar-refractivity contribution in [1.29, 1.82) is 0 Å². The van der Waals surface area contributed by atoms with Crippen molar-refractivity contribution in [1.82, 2.24) is 19.8 Å². The monoisotopic (exact) mass is 252 g/mol. The number of nitrogens with zero attached hydrogens (tertiary/aromatic N) is 3. The van der Waals surface area contributed by atoms with Gasteiger partial charge in [0.1, 0.15) is 0 Å². The molecular formula is C13H24N4O. The predicted octanol–water partition coefficient (Wildman–Crippen LogP) is 0.810. The molecule has 1 aromatic heterocycles. The second-order valence-corrected chi connectivity index (χ2v) is 5.22. The highest BCUT2D eigenvalue weighted by molar-refractivity contribution is 4.93. The summed E-state index contributed by atoms with van der Waals surface area (Å²) in [6.07, 6.45) is 4.94. The molecule has 0 aliphatic carbocycles. The largest absolute Gasteiger partial charge is 0.383 e. The standard InChI is InChI=1S/C13H24N4O/c1-16(10-13-7-14-11-15-13)8-12-3-4-17(9-12)5-6-18-2/h7,11-12H,3-6,8-10H2,1-2H3,(H,14,15). The number of likely N-dealkylation sites (tertiary alicyclic amines) is 1. The normalized spacial score (nSPS) is 20.9. The quantitative estimate of drug-likeness (QED) is 0.780. The Morgan fingerprint density at radius 3 is 3.22 bits per heavy atom. The number of aromatic amines is 1. The molecule has 0 bridgehead atoms. The maximum absolute atomic E-state index is 5.13. The highest BCUT2D eigenvalue weighted by atomic mass is 16.5. The molecule has 0 saturated carbocycles. The molecular weight excluding hydrogens is 228 g/mol. The maximum atomic E-state index is 5.13. The first-order chi connectivity index (χ1) is 8.78. The third-order valence-electron chi connectivity index (χ3n) is 3.55. The fraction of sp³-hybridized carbons (Fsp3) is 0.769. The summed E-state index contributed by atoms with van der Waals surface area (Å²) in [4.78, 5) is 12.1. The third-order valence-corrected chi connectivity index (χ3v) is 3.55. The zero-order chi connectivity index (χ0) is 12.8. The summed E-state index contributed by atoms with van der Waals surface area (Å²) in [7, 11) is 3.95. The first-order valence-electron chi connectivity index (χ1n) is 6.65. The smallest absolute Gasteiger partial charge is 0.0922 e. The van der Waals surface area contributed by atoms with Crippen molar-refractivity contribution in [3.05, 3.63) is 18.2 Å². The minimum Gasteiger partial charge on any atom is -0.383 e. The van der Waals surface area contributed by atoms with E-state index in [2.05, 4.69) is 26.8 Å². The van der Waals surface area contributed by atoms with Crippen molar-refractivity contribution < 1.29 is 4.74 Å². The van der Waals surface area contributed by atoms with Gasteiger partial charge in [0.15, 0.2) is 0 Å². The second-order valence-electron chi connectivity index (χ2n) is 5.22. The van der Waals surface area contributed by atoms with Crippen LogP contribution in [0.4, 0.5) is 0 Å². The third kappa shape index (κ3) is 4.08. The Kier molecular flexibility index (Phi) is 5.16. The number of nitrogens with one attached hydrogen (secondary N) is 1. The van der Waals surface area contributed by atoms with Gasteiger partial charge in [-0.25, -0.2) is 4.98 Å². The average molecular weight is 252 g/mol. The molecule has 5 nitrogen and oxygen atoms in total. The fourth-order valence-corrected chi connectivity index (χ4v) is 2.65. The summed E-state index contributed by atoms with van der Waals surface area (Å²) in [5.74, 6) is 0.787. The van der Waals surface area contributed by atoms with Crippen molar-refractivity contribution in [2.45, 2.75) is 13.0 Å². The Hall–Kier alpha value is -0.910. The van der Waals surface area contributed by atoms with Crippen molar-refractivity contribution in [2.24, 2.45) is 5.92 Å². The van der Waals surface area contributed by atoms with E-state index in [4.69, 9.17) is 4.74 Å². The lowest BCUT2D eigenvalue weighted by Gasteiger charge is -2.20. The molecule has 0 radical (unpaired) electrons. The Morgan fingerprint density at radius 2 is 2.50 bits per heavy atom. The maximum Gasteiger partial charge on any atom is 0.0922 e. The minimum atomic E-state index is 0.787. The van der Waals surface area contributed by atoms with Crippen LogP contribution in [0.1, 0.15) is 12.1 Å². The van der Waals surface area contributed by atoms with Crippen LogP contribution in [0.15, 0.2) is 12.5 Å². The Labute approximate surface area is 109 Å². The van der Waals surface area contributed by atoms with Crippen LogP contribution < -0.4 is 0 Å². The summed E-state index contributed by atoms with van der Waals surface area (Å²) in [5.41, 5.74) is 1.19. The number of ether oxygens (including phenoxy) is 1. The topological polar surface area (TPSA) is 44.4 Å². The zero-order valence-corrected chi connectivity index (χ0v) is 11.4. The van der Waals surface area contributed by atoms with E-state index in [-0.39, 0.29) is 0 Å². The lowest BCUT2D eigenvalue weighted by Crippen LogP contribution is -2.29. The number of rotatable bonds is 7. The molecule has 0 spiro atoms. The molecule has 1 aromatic rings. The van der Waals surface area contributed by atoms with E-state index in [1.165, 1.54) is 25.2 Å². The van der Waals surface area contributed by atoms with Gasteiger partial charge in [-0.2, -0.15) is 0 Å². The van der Waals surface area contributed by atoms with Crippen LogP contribution in [-0.2, 0) is 11.3 Å². The average Bonchev–Trinajstić information content (AvgIpc) is 2.98. The molecule has 2 rings (SSSR count). The van der Waals surface area contributed by atoms with Gasteiger partial charge in [0.05, 0.1) is 12.9 Å². The number of aromatic nitrogens is 2. The van der Waals surface area contributed by atoms with E-state index in [0.717, 1.165) is 32.2 Å². The summed E-state index contributed by atoms with van der Waals surface area (Å²) < 4.78 is 5.13. The van der Waals surface area contributed by atoms with Gasteiger partial charge in [0.25, 0.3) is 0 Å². The fourth-order valence-electron chi connectivity index (χ4n) is 2.65. The van der Waals surface area contributed by atoms with Crippen LogP contribution in [0.2, 0.25) is 0 Å². The molecule has 1 saturated heterocycles. The molecule has 102 valence electrons. The lowest BCUT2D eigenvalue weighted by molar-refractivity contribution is 0.157. The van der Waals surface area contributed by atoms with E-state index < -0.39 is 0 Å². The number of hydrogen-bond donors (Lipinski definition) is 1. The molecule has 1 aliphatic heterocycles. The Bertz CT molecular complexity index is 328. The number of hydrogen-bond acceptors (Lipinski definition) is 4. The van der Waals surface area contributed by atoms with Crippen LogP contribution in [0, 0.1) is 5.92 Å². The predicted molar refractivity (Wildman–Crippen MR) is 71.3 cm³/mol. The van der Waals surface area contributed by atoms with Gasteiger partial charge in [0.2, 0.25) is 0 Å². The highest BCUT2D eigenvalue weighted by Crippen LogP contribution is 2.17. The number of imidazole rings is 1. The Balaban J connectivity index is 1.67. The van der Waals surface area contributed by atoms with Gasteiger partial charge in [-0.1, -0.05) is 0 Å². The zero-order valence-electron chi connectivity index (χ0n) is 11.4. The second kappa shape index (κ2) is 6.87. The minimum absolute atomic E-state index is 0.787. The van der Waals surface area contributed by atoms with Crippen LogP contribution >= 0.6 is 0 Å². The number of H-pyrrole nitrogens is 1. The summed E-state index contributed by atoms with van der Waals surface area (Å²) in [6, 6.07) is 0. The molecule has 18 heavy (non-hydrogen) atoms.